The maximum Gasteiger partial charge on any atom is 0.258 e. The summed E-state index contributed by atoms with van der Waals surface area (Å²) in [6.07, 6.45) is 0.949. The lowest BCUT2D eigenvalue weighted by atomic mass is 10.1. The van der Waals surface area contributed by atoms with Gasteiger partial charge in [0.2, 0.25) is 0 Å². The Bertz CT molecular complexity index is 665. The molecule has 0 spiro atoms. The van der Waals surface area contributed by atoms with Crippen molar-refractivity contribution in [3.63, 3.8) is 0 Å². The molecule has 3 heterocycles. The molecule has 0 saturated carbocycles. The Morgan fingerprint density at radius 1 is 1.52 bits per heavy atom. The van der Waals surface area contributed by atoms with Crippen LogP contribution in [-0.4, -0.2) is 28.4 Å². The number of amides is 1. The first-order valence-electron chi connectivity index (χ1n) is 6.81. The fraction of sp³-hybridized carbons (Fsp3) is 0.429. The predicted octanol–water partition coefficient (Wildman–Crippen LogP) is 3.88. The normalized spacial score (nSPS) is 15.2. The van der Waals surface area contributed by atoms with Crippen molar-refractivity contribution < 1.29 is 4.79 Å². The highest BCUT2D eigenvalue weighted by molar-refractivity contribution is 7.16. The number of halogens is 1. The van der Waals surface area contributed by atoms with E-state index >= 15 is 0 Å². The van der Waals surface area contributed by atoms with E-state index in [1.165, 1.54) is 16.2 Å². The second-order valence-corrected chi connectivity index (χ2v) is 7.92. The molecule has 7 heteroatoms. The topological polar surface area (TPSA) is 45.2 Å². The van der Waals surface area contributed by atoms with Gasteiger partial charge in [-0.15, -0.1) is 22.7 Å². The first kappa shape index (κ1) is 15.0. The van der Waals surface area contributed by atoms with Crippen LogP contribution in [0.5, 0.6) is 0 Å². The molecular weight excluding hydrogens is 326 g/mol. The summed E-state index contributed by atoms with van der Waals surface area (Å²) in [5, 5.41) is 5.31. The number of rotatable bonds is 3. The summed E-state index contributed by atoms with van der Waals surface area (Å²) in [6.45, 7) is 6.36. The number of anilines is 1. The van der Waals surface area contributed by atoms with E-state index in [1.807, 2.05) is 0 Å². The highest BCUT2D eigenvalue weighted by Crippen LogP contribution is 2.29. The fourth-order valence-electron chi connectivity index (χ4n) is 2.31. The molecule has 1 aliphatic rings. The van der Waals surface area contributed by atoms with Crippen LogP contribution < -0.4 is 5.32 Å². The van der Waals surface area contributed by atoms with Crippen LogP contribution in [0.2, 0.25) is 4.34 Å². The molecule has 1 aliphatic heterocycles. The summed E-state index contributed by atoms with van der Waals surface area (Å²) in [5.74, 6) is -0.148. The summed E-state index contributed by atoms with van der Waals surface area (Å²) in [7, 11) is 0. The predicted molar refractivity (Wildman–Crippen MR) is 88.6 cm³/mol. The SMILES string of the molecule is CC(C)N1CCc2nc(NC(=O)c3csc(Cl)c3)sc2C1. The van der Waals surface area contributed by atoms with Crippen molar-refractivity contribution >= 4 is 45.3 Å². The van der Waals surface area contributed by atoms with Gasteiger partial charge in [-0.05, 0) is 19.9 Å². The largest absolute Gasteiger partial charge is 0.298 e. The number of fused-ring (bicyclic) bond motifs is 1. The molecule has 112 valence electrons. The zero-order chi connectivity index (χ0) is 15.0. The highest BCUT2D eigenvalue weighted by atomic mass is 35.5. The van der Waals surface area contributed by atoms with Gasteiger partial charge < -0.3 is 0 Å². The third-order valence-corrected chi connectivity index (χ3v) is 5.63. The molecule has 0 bridgehead atoms. The van der Waals surface area contributed by atoms with Crippen LogP contribution in [0, 0.1) is 0 Å². The molecule has 0 fully saturated rings. The molecule has 0 aliphatic carbocycles. The van der Waals surface area contributed by atoms with Gasteiger partial charge in [0, 0.05) is 35.8 Å². The minimum Gasteiger partial charge on any atom is -0.298 e. The Labute approximate surface area is 136 Å². The van der Waals surface area contributed by atoms with Crippen LogP contribution in [0.15, 0.2) is 11.4 Å². The molecule has 1 N–H and O–H groups in total. The lowest BCUT2D eigenvalue weighted by Crippen LogP contribution is -2.35. The summed E-state index contributed by atoms with van der Waals surface area (Å²) in [6, 6.07) is 2.21. The first-order chi connectivity index (χ1) is 10.0. The van der Waals surface area contributed by atoms with Crippen molar-refractivity contribution in [1.82, 2.24) is 9.88 Å². The zero-order valence-corrected chi connectivity index (χ0v) is 14.2. The molecule has 0 saturated heterocycles. The number of aromatic nitrogens is 1. The van der Waals surface area contributed by atoms with E-state index in [-0.39, 0.29) is 5.91 Å². The van der Waals surface area contributed by atoms with Crippen LogP contribution in [0.1, 0.15) is 34.8 Å². The van der Waals surface area contributed by atoms with E-state index in [2.05, 4.69) is 29.0 Å². The van der Waals surface area contributed by atoms with Gasteiger partial charge in [0.1, 0.15) is 0 Å². The quantitative estimate of drug-likeness (QED) is 0.921. The number of hydrogen-bond donors (Lipinski definition) is 1. The third-order valence-electron chi connectivity index (χ3n) is 3.54. The fourth-order valence-corrected chi connectivity index (χ4v) is 4.20. The molecule has 0 radical (unpaired) electrons. The van der Waals surface area contributed by atoms with Crippen LogP contribution in [-0.2, 0) is 13.0 Å². The summed E-state index contributed by atoms with van der Waals surface area (Å²) in [4.78, 5) is 20.3. The van der Waals surface area contributed by atoms with E-state index < -0.39 is 0 Å². The molecule has 0 atom stereocenters. The number of hydrogen-bond acceptors (Lipinski definition) is 5. The van der Waals surface area contributed by atoms with Crippen LogP contribution in [0.4, 0.5) is 5.13 Å². The van der Waals surface area contributed by atoms with Crippen LogP contribution in [0.25, 0.3) is 0 Å². The monoisotopic (exact) mass is 341 g/mol. The lowest BCUT2D eigenvalue weighted by molar-refractivity contribution is 0.102. The molecule has 4 nitrogen and oxygen atoms in total. The van der Waals surface area contributed by atoms with E-state index in [0.717, 1.165) is 25.2 Å². The first-order valence-corrected chi connectivity index (χ1v) is 8.88. The van der Waals surface area contributed by atoms with Gasteiger partial charge in [-0.2, -0.15) is 0 Å². The summed E-state index contributed by atoms with van der Waals surface area (Å²) < 4.78 is 0.617. The van der Waals surface area contributed by atoms with E-state index in [1.54, 1.807) is 22.8 Å². The molecule has 2 aromatic rings. The van der Waals surface area contributed by atoms with Crippen molar-refractivity contribution in [3.05, 3.63) is 31.9 Å². The number of nitrogens with one attached hydrogen (secondary N) is 1. The molecule has 3 rings (SSSR count). The Morgan fingerprint density at radius 2 is 2.33 bits per heavy atom. The Hall–Kier alpha value is -0.950. The lowest BCUT2D eigenvalue weighted by Gasteiger charge is -2.29. The van der Waals surface area contributed by atoms with Gasteiger partial charge >= 0.3 is 0 Å². The molecule has 21 heavy (non-hydrogen) atoms. The molecule has 0 aromatic carbocycles. The average Bonchev–Trinajstić information content (AvgIpc) is 3.03. The molecule has 1 amide bonds. The third kappa shape index (κ3) is 3.29. The number of carbonyl (C=O) groups is 1. The zero-order valence-electron chi connectivity index (χ0n) is 11.9. The smallest absolute Gasteiger partial charge is 0.258 e. The Balaban J connectivity index is 1.72. The van der Waals surface area contributed by atoms with E-state index in [4.69, 9.17) is 11.6 Å². The van der Waals surface area contributed by atoms with Gasteiger partial charge in [-0.1, -0.05) is 11.6 Å². The van der Waals surface area contributed by atoms with Crippen molar-refractivity contribution in [3.8, 4) is 0 Å². The van der Waals surface area contributed by atoms with E-state index in [9.17, 15) is 4.79 Å². The minimum atomic E-state index is -0.148. The van der Waals surface area contributed by atoms with Crippen molar-refractivity contribution in [1.29, 1.82) is 0 Å². The number of thiazole rings is 1. The second kappa shape index (κ2) is 6.04. The van der Waals surface area contributed by atoms with Crippen molar-refractivity contribution in [2.24, 2.45) is 0 Å². The van der Waals surface area contributed by atoms with Crippen LogP contribution in [0.3, 0.4) is 0 Å². The number of nitrogens with zero attached hydrogens (tertiary/aromatic N) is 2. The Kier molecular flexibility index (Phi) is 4.31. The summed E-state index contributed by atoms with van der Waals surface area (Å²) >= 11 is 8.78. The molecular formula is C14H16ClN3OS2. The maximum absolute atomic E-state index is 12.1. The van der Waals surface area contributed by atoms with Gasteiger partial charge in [-0.25, -0.2) is 4.98 Å². The maximum atomic E-state index is 12.1. The van der Waals surface area contributed by atoms with Crippen molar-refractivity contribution in [2.45, 2.75) is 32.9 Å². The standard InChI is InChI=1S/C14H16ClN3OS2/c1-8(2)18-4-3-10-11(6-18)21-14(16-10)17-13(19)9-5-12(15)20-7-9/h5,7-8H,3-4,6H2,1-2H3,(H,16,17,19). The van der Waals surface area contributed by atoms with Crippen LogP contribution >= 0.6 is 34.3 Å². The Morgan fingerprint density at radius 3 is 3.00 bits per heavy atom. The van der Waals surface area contributed by atoms with Gasteiger partial charge in [0.05, 0.1) is 15.6 Å². The minimum absolute atomic E-state index is 0.148. The van der Waals surface area contributed by atoms with E-state index in [0.29, 0.717) is 21.1 Å². The molecule has 0 unspecified atom stereocenters. The highest BCUT2D eigenvalue weighted by Gasteiger charge is 2.23. The van der Waals surface area contributed by atoms with Gasteiger partial charge in [0.25, 0.3) is 5.91 Å². The molecule has 2 aromatic heterocycles. The number of thiophene rings is 1. The van der Waals surface area contributed by atoms with Gasteiger partial charge in [-0.3, -0.25) is 15.0 Å². The summed E-state index contributed by atoms with van der Waals surface area (Å²) in [5.41, 5.74) is 1.71. The number of carbonyl (C=O) groups excluding carboxylic acids is 1. The van der Waals surface area contributed by atoms with Crippen molar-refractivity contribution in [2.75, 3.05) is 11.9 Å². The average molecular weight is 342 g/mol. The second-order valence-electron chi connectivity index (χ2n) is 5.30. The van der Waals surface area contributed by atoms with Gasteiger partial charge in [0.15, 0.2) is 5.13 Å².